The number of hydrogen-bond acceptors (Lipinski definition) is 12. The fourth-order valence-electron chi connectivity index (χ4n) is 8.31. The van der Waals surface area contributed by atoms with Gasteiger partial charge in [0, 0.05) is 32.0 Å². The summed E-state index contributed by atoms with van der Waals surface area (Å²) in [6, 6.07) is 13.4. The van der Waals surface area contributed by atoms with Gasteiger partial charge in [-0.1, -0.05) is 112 Å². The zero-order chi connectivity index (χ0) is 60.5. The molecule has 0 aliphatic carbocycles. The van der Waals surface area contributed by atoms with Gasteiger partial charge in [-0.25, -0.2) is 5.01 Å². The Hall–Kier alpha value is -7.39. The second-order valence-electron chi connectivity index (χ2n) is 22.5. The normalized spacial score (nSPS) is 15.5. The molecule has 5 atom stereocenters. The second kappa shape index (κ2) is 33.3. The van der Waals surface area contributed by atoms with E-state index in [1.165, 1.54) is 20.8 Å². The first-order chi connectivity index (χ1) is 37.5. The van der Waals surface area contributed by atoms with Crippen molar-refractivity contribution in [2.75, 3.05) is 31.2 Å². The van der Waals surface area contributed by atoms with E-state index in [1.807, 2.05) is 94.2 Å². The first-order valence-corrected chi connectivity index (χ1v) is 27.9. The number of rotatable bonds is 30. The molecule has 10 amide bonds. The Morgan fingerprint density at radius 3 is 1.60 bits per heavy atom. The van der Waals surface area contributed by atoms with Gasteiger partial charge in [-0.05, 0) is 100.0 Å². The van der Waals surface area contributed by atoms with Crippen molar-refractivity contribution < 1.29 is 47.9 Å². The van der Waals surface area contributed by atoms with Crippen LogP contribution in [0.2, 0.25) is 0 Å². The monoisotopic (exact) mass is 1120 g/mol. The van der Waals surface area contributed by atoms with Gasteiger partial charge in [0.25, 0.3) is 5.91 Å². The van der Waals surface area contributed by atoms with Gasteiger partial charge in [0.05, 0.1) is 24.5 Å². The molecular weight excluding hydrogens is 1020 g/mol. The highest BCUT2D eigenvalue weighted by atomic mass is 16.2. The van der Waals surface area contributed by atoms with Gasteiger partial charge in [0.15, 0.2) is 0 Å². The third-order valence-electron chi connectivity index (χ3n) is 12.9. The Morgan fingerprint density at radius 2 is 1.12 bits per heavy atom. The van der Waals surface area contributed by atoms with Crippen molar-refractivity contribution >= 4 is 70.5 Å². The number of hydrogen-bond donors (Lipinski definition) is 10. The lowest BCUT2D eigenvalue weighted by molar-refractivity contribution is -0.137. The summed E-state index contributed by atoms with van der Waals surface area (Å²) in [5, 5.41) is 30.5. The van der Waals surface area contributed by atoms with E-state index in [0.29, 0.717) is 31.5 Å². The van der Waals surface area contributed by atoms with Crippen molar-refractivity contribution in [1.29, 1.82) is 0 Å². The Labute approximate surface area is 473 Å². The van der Waals surface area contributed by atoms with Crippen LogP contribution < -0.4 is 58.6 Å². The van der Waals surface area contributed by atoms with E-state index in [0.717, 1.165) is 42.6 Å². The predicted molar refractivity (Wildman–Crippen MR) is 309 cm³/mol. The van der Waals surface area contributed by atoms with E-state index in [-0.39, 0.29) is 36.0 Å². The fourth-order valence-corrected chi connectivity index (χ4v) is 8.31. The van der Waals surface area contributed by atoms with Gasteiger partial charge in [-0.3, -0.25) is 47.9 Å². The van der Waals surface area contributed by atoms with Crippen molar-refractivity contribution in [1.82, 2.24) is 47.9 Å². The maximum Gasteiger partial charge on any atom is 0.251 e. The number of nitrogens with zero attached hydrogens (tertiary/aromatic N) is 2. The first kappa shape index (κ1) is 68.7. The van der Waals surface area contributed by atoms with Crippen molar-refractivity contribution in [2.24, 2.45) is 34.5 Å². The number of nitrogens with one attached hydrogen (secondary N) is 9. The Balaban J connectivity index is 0.000000588. The molecule has 2 aromatic rings. The predicted octanol–water partition coefficient (Wildman–Crippen LogP) is 3.47. The Kier molecular flexibility index (Phi) is 28.6. The molecule has 0 saturated carbocycles. The first-order valence-electron chi connectivity index (χ1n) is 27.9. The summed E-state index contributed by atoms with van der Waals surface area (Å²) in [6.07, 6.45) is 5.02. The smallest absolute Gasteiger partial charge is 0.251 e. The van der Waals surface area contributed by atoms with Crippen LogP contribution in [-0.2, 0) is 43.2 Å². The molecule has 0 spiro atoms. The van der Waals surface area contributed by atoms with Crippen LogP contribution in [0.4, 0.5) is 5.69 Å². The largest absolute Gasteiger partial charge is 0.368 e. The molecule has 0 bridgehead atoms. The third-order valence-corrected chi connectivity index (χ3v) is 12.9. The molecule has 0 saturated heterocycles. The van der Waals surface area contributed by atoms with Crippen LogP contribution in [0.15, 0.2) is 59.7 Å². The standard InChI is InChI=1S/C32H58N8O8.C26H34N4O2/c1-16(2)12-21(27(33)44)37-23(42)14-35-30(47)26(19(7)8)39-31(48)32(10,11)40-28(45)22(13-17(3)4)38-24(43)15-34-29(46)25(18(5)6)36-20(9)41;1-4-6-17-27-24(31)21-15-13-20(14-16-21)23-19-26(3,25(32)28-18-7-5-2)30(29-23)22-11-9-8-10-12-22/h16-19,21-22,25-26H,12-15H2,1-11H3,(H2,33,44)(H,34,46)(H,35,47)(H,36,41)(H,37,42)(H,38,43)(H,39,48)(H,40,45);8-16H,4-7,17-19H2,1-3H3,(H,27,31)(H,28,32). The molecule has 1 aliphatic heterocycles. The van der Waals surface area contributed by atoms with E-state index >= 15 is 0 Å². The summed E-state index contributed by atoms with van der Waals surface area (Å²) in [4.78, 5) is 126. The number of carbonyl (C=O) groups is 10. The minimum atomic E-state index is -1.54. The number of nitrogens with two attached hydrogens (primary N) is 1. The molecule has 1 aliphatic rings. The average molecular weight is 1120 g/mol. The van der Waals surface area contributed by atoms with Crippen LogP contribution in [-0.4, -0.2) is 126 Å². The maximum atomic E-state index is 13.3. The third kappa shape index (κ3) is 22.8. The zero-order valence-corrected chi connectivity index (χ0v) is 49.6. The van der Waals surface area contributed by atoms with Crippen molar-refractivity contribution in [3.05, 3.63) is 65.7 Å². The minimum absolute atomic E-state index is 0.0273. The molecule has 22 heteroatoms. The highest BCUT2D eigenvalue weighted by molar-refractivity contribution is 6.09. The molecule has 11 N–H and O–H groups in total. The highest BCUT2D eigenvalue weighted by Crippen LogP contribution is 2.35. The number of amides is 10. The number of carbonyl (C=O) groups excluding carboxylic acids is 10. The van der Waals surface area contributed by atoms with E-state index in [2.05, 4.69) is 61.7 Å². The molecule has 0 fully saturated rings. The molecule has 3 rings (SSSR count). The van der Waals surface area contributed by atoms with Crippen molar-refractivity contribution in [2.45, 2.75) is 177 Å². The molecule has 0 radical (unpaired) electrons. The van der Waals surface area contributed by atoms with Crippen LogP contribution in [0.25, 0.3) is 0 Å². The maximum absolute atomic E-state index is 13.3. The van der Waals surface area contributed by atoms with Crippen LogP contribution in [0, 0.1) is 23.7 Å². The summed E-state index contributed by atoms with van der Waals surface area (Å²) in [6.45, 7) is 25.0. The summed E-state index contributed by atoms with van der Waals surface area (Å²) >= 11 is 0. The fraction of sp³-hybridized carbons (Fsp3) is 0.603. The zero-order valence-electron chi connectivity index (χ0n) is 49.6. The molecule has 22 nitrogen and oxygen atoms in total. The molecule has 2 aromatic carbocycles. The molecule has 0 aromatic heterocycles. The Bertz CT molecular complexity index is 2440. The number of para-hydroxylation sites is 1. The van der Waals surface area contributed by atoms with E-state index in [9.17, 15) is 47.9 Å². The van der Waals surface area contributed by atoms with Crippen molar-refractivity contribution in [3.63, 3.8) is 0 Å². The second-order valence-corrected chi connectivity index (χ2v) is 22.5. The number of anilines is 1. The van der Waals surface area contributed by atoms with Crippen LogP contribution in [0.3, 0.4) is 0 Å². The molecule has 444 valence electrons. The molecule has 5 unspecified atom stereocenters. The van der Waals surface area contributed by atoms with Gasteiger partial charge in [-0.15, -0.1) is 0 Å². The van der Waals surface area contributed by atoms with E-state index in [1.54, 1.807) is 27.7 Å². The summed E-state index contributed by atoms with van der Waals surface area (Å²) in [5.74, 6) is -5.60. The summed E-state index contributed by atoms with van der Waals surface area (Å²) in [5.41, 5.74) is 6.26. The van der Waals surface area contributed by atoms with Gasteiger partial charge >= 0.3 is 0 Å². The lowest BCUT2D eigenvalue weighted by Crippen LogP contribution is -2.63. The average Bonchev–Trinajstić information content (AvgIpc) is 3.80. The quantitative estimate of drug-likeness (QED) is 0.0505. The van der Waals surface area contributed by atoms with Crippen molar-refractivity contribution in [3.8, 4) is 0 Å². The lowest BCUT2D eigenvalue weighted by atomic mass is 9.91. The van der Waals surface area contributed by atoms with Gasteiger partial charge in [0.2, 0.25) is 53.2 Å². The molecule has 80 heavy (non-hydrogen) atoms. The van der Waals surface area contributed by atoms with Gasteiger partial charge < -0.3 is 53.6 Å². The number of hydrazone groups is 1. The topological polar surface area (TPSA) is 321 Å². The highest BCUT2D eigenvalue weighted by Gasteiger charge is 2.46. The number of primary amides is 1. The number of benzene rings is 2. The molecule has 1 heterocycles. The number of unbranched alkanes of at least 4 members (excludes halogenated alkanes) is 2. The summed E-state index contributed by atoms with van der Waals surface area (Å²) < 4.78 is 0. The SMILES string of the molecule is CC(=O)NC(C(=O)NCC(=O)NC(CC(C)C)C(=O)NC(C)(C)C(=O)NC(C(=O)NCC(=O)NC(CC(C)C)C(N)=O)C(C)C)C(C)C.CCCCNC(=O)c1ccc(C2=NN(c3ccccc3)C(C)(C(=O)NCCCC)C2)cc1. The minimum Gasteiger partial charge on any atom is -0.368 e. The van der Waals surface area contributed by atoms with Crippen LogP contribution in [0.1, 0.15) is 158 Å². The molecular formula is C58H92N12O10. The van der Waals surface area contributed by atoms with Gasteiger partial charge in [-0.2, -0.15) is 5.10 Å². The van der Waals surface area contributed by atoms with E-state index in [4.69, 9.17) is 10.8 Å². The van der Waals surface area contributed by atoms with Crippen LogP contribution in [0.5, 0.6) is 0 Å². The van der Waals surface area contributed by atoms with E-state index < -0.39 is 102 Å². The van der Waals surface area contributed by atoms with Crippen LogP contribution >= 0.6 is 0 Å². The summed E-state index contributed by atoms with van der Waals surface area (Å²) in [7, 11) is 0. The Morgan fingerprint density at radius 1 is 0.637 bits per heavy atom. The lowest BCUT2D eigenvalue weighted by Gasteiger charge is -2.33. The van der Waals surface area contributed by atoms with Gasteiger partial charge in [0.1, 0.15) is 35.2 Å².